The zero-order valence-corrected chi connectivity index (χ0v) is 28.3. The molecule has 6 rings (SSSR count). The Kier molecular flexibility index (Phi) is 6.48. The number of fused-ring (bicyclic) bond motifs is 2. The van der Waals surface area contributed by atoms with Crippen molar-refractivity contribution in [1.29, 1.82) is 0 Å². The van der Waals surface area contributed by atoms with Crippen LogP contribution in [0.1, 0.15) is 48.9 Å². The van der Waals surface area contributed by atoms with Crippen LogP contribution in [0.3, 0.4) is 0 Å². The molecule has 4 heteroatoms. The standard InChI is InChI=1S/C18H17.C9H7.C6H5.C2H7Si.2ClH.Zr/c1-3-14-7-9-15(10-8-14)17-6-4-5-16-11-13(2)12-18(16)17;1-2-5-9-7-3-6-8(9)4-1;1-2-4-6-5-3-1;1-3-2;;;/h4-12H,3H2,1-2H3;1-7H;1-5H;3H,1-2H3;2*1H;/q;;;;;;+2/p-2. The fraction of sp³-hybridized carbons (Fsp3) is 0.200. The molecule has 0 fully saturated rings. The van der Waals surface area contributed by atoms with E-state index < -0.39 is 20.0 Å². The third-order valence-corrected chi connectivity index (χ3v) is 77.5. The van der Waals surface area contributed by atoms with E-state index in [0.29, 0.717) is 0 Å². The molecular weight excluding hydrogens is 611 g/mol. The fourth-order valence-corrected chi connectivity index (χ4v) is 52.1. The first-order valence-corrected chi connectivity index (χ1v) is 31.7. The summed E-state index contributed by atoms with van der Waals surface area (Å²) in [6.07, 6.45) is 8.06. The molecular formula is C35H36Cl2SiZr. The molecule has 198 valence electrons. The molecule has 4 aromatic carbocycles. The van der Waals surface area contributed by atoms with E-state index in [9.17, 15) is 0 Å². The SMILES string of the molecule is CCc1ccc(-c2cccc3c2C=C(C)[CH]3[Zr]([Cl])([Cl])([c]2ccccc2)([CH]2C=Cc3ccccc32)[SiH](C)C)cc1. The van der Waals surface area contributed by atoms with Crippen LogP contribution >= 0.6 is 17.0 Å². The topological polar surface area (TPSA) is 0 Å². The Labute approximate surface area is 238 Å². The molecule has 39 heavy (non-hydrogen) atoms. The van der Waals surface area contributed by atoms with Gasteiger partial charge >= 0.3 is 241 Å². The summed E-state index contributed by atoms with van der Waals surface area (Å²) in [5.74, 6) is -1.80. The first-order valence-electron chi connectivity index (χ1n) is 14.2. The van der Waals surface area contributed by atoms with Crippen molar-refractivity contribution in [2.45, 2.75) is 40.6 Å². The van der Waals surface area contributed by atoms with E-state index in [0.717, 1.165) is 6.42 Å². The quantitative estimate of drug-likeness (QED) is 0.183. The van der Waals surface area contributed by atoms with E-state index >= 15 is 0 Å². The molecule has 0 aliphatic heterocycles. The predicted molar refractivity (Wildman–Crippen MR) is 173 cm³/mol. The Morgan fingerprint density at radius 3 is 2.13 bits per heavy atom. The summed E-state index contributed by atoms with van der Waals surface area (Å²) in [4.78, 5) is 0. The Balaban J connectivity index is 1.69. The molecule has 4 aromatic rings. The van der Waals surface area contributed by atoms with Gasteiger partial charge in [0, 0.05) is 0 Å². The van der Waals surface area contributed by atoms with Crippen LogP contribution in [-0.4, -0.2) is 5.92 Å². The van der Waals surface area contributed by atoms with E-state index in [1.807, 2.05) is 0 Å². The Hall–Kier alpha value is -1.96. The van der Waals surface area contributed by atoms with E-state index in [4.69, 9.17) is 17.0 Å². The maximum atomic E-state index is 8.85. The summed E-state index contributed by atoms with van der Waals surface area (Å²) in [6.45, 7) is 9.31. The van der Waals surface area contributed by atoms with Crippen LogP contribution in [0.2, 0.25) is 13.1 Å². The monoisotopic (exact) mass is 644 g/mol. The van der Waals surface area contributed by atoms with Gasteiger partial charge in [0.25, 0.3) is 0 Å². The van der Waals surface area contributed by atoms with Crippen molar-refractivity contribution in [2.75, 3.05) is 0 Å². The van der Waals surface area contributed by atoms with Gasteiger partial charge in [0.05, 0.1) is 0 Å². The van der Waals surface area contributed by atoms with Crippen molar-refractivity contribution in [3.05, 3.63) is 137 Å². The second-order valence-electron chi connectivity index (χ2n) is 12.0. The predicted octanol–water partition coefficient (Wildman–Crippen LogP) is 9.98. The average molecular weight is 647 g/mol. The second-order valence-corrected chi connectivity index (χ2v) is 63.1. The Morgan fingerprint density at radius 1 is 0.769 bits per heavy atom. The molecule has 0 radical (unpaired) electrons. The van der Waals surface area contributed by atoms with Gasteiger partial charge in [0.1, 0.15) is 0 Å². The van der Waals surface area contributed by atoms with Crippen molar-refractivity contribution in [1.82, 2.24) is 0 Å². The Bertz CT molecular complexity index is 1650. The summed E-state index contributed by atoms with van der Waals surface area (Å²) in [7, 11) is 17.7. The minimum atomic E-state index is -5.64. The van der Waals surface area contributed by atoms with Gasteiger partial charge in [0.15, 0.2) is 0 Å². The molecule has 0 saturated carbocycles. The zero-order valence-electron chi connectivity index (χ0n) is 23.2. The van der Waals surface area contributed by atoms with Crippen molar-refractivity contribution >= 4 is 38.4 Å². The van der Waals surface area contributed by atoms with Crippen molar-refractivity contribution in [3.8, 4) is 11.1 Å². The van der Waals surface area contributed by atoms with Crippen molar-refractivity contribution < 1.29 is 14.1 Å². The van der Waals surface area contributed by atoms with Crippen LogP contribution in [0.25, 0.3) is 23.3 Å². The van der Waals surface area contributed by atoms with Gasteiger partial charge in [-0.2, -0.15) is 0 Å². The number of aryl methyl sites for hydroxylation is 1. The molecule has 0 amide bonds. The molecule has 0 nitrogen and oxygen atoms in total. The number of hydrogen-bond donors (Lipinski definition) is 0. The molecule has 0 heterocycles. The van der Waals surface area contributed by atoms with E-state index in [1.54, 1.807) is 0 Å². The molecule has 0 spiro atoms. The normalized spacial score (nSPS) is 19.8. The summed E-state index contributed by atoms with van der Waals surface area (Å²) in [5, 5.41) is 0. The summed E-state index contributed by atoms with van der Waals surface area (Å²) in [5.41, 5.74) is 10.3. The third kappa shape index (κ3) is 3.58. The van der Waals surface area contributed by atoms with Gasteiger partial charge in [-0.05, 0) is 0 Å². The summed E-state index contributed by atoms with van der Waals surface area (Å²) in [6, 6.07) is 35.4. The van der Waals surface area contributed by atoms with Crippen LogP contribution in [0.15, 0.2) is 109 Å². The number of allylic oxidation sites excluding steroid dienone is 2. The molecule has 0 bridgehead atoms. The molecule has 2 unspecified atom stereocenters. The Morgan fingerprint density at radius 2 is 1.44 bits per heavy atom. The van der Waals surface area contributed by atoms with E-state index in [1.165, 1.54) is 47.8 Å². The first-order chi connectivity index (χ1) is 18.7. The maximum absolute atomic E-state index is 8.85. The van der Waals surface area contributed by atoms with Gasteiger partial charge in [-0.25, -0.2) is 0 Å². The van der Waals surface area contributed by atoms with Gasteiger partial charge in [0.2, 0.25) is 0 Å². The molecule has 2 aliphatic rings. The van der Waals surface area contributed by atoms with Gasteiger partial charge in [-0.3, -0.25) is 0 Å². The second kappa shape index (κ2) is 9.28. The van der Waals surface area contributed by atoms with Crippen LogP contribution in [0.4, 0.5) is 0 Å². The van der Waals surface area contributed by atoms with Gasteiger partial charge in [-0.15, -0.1) is 0 Å². The summed E-state index contributed by atoms with van der Waals surface area (Å²) >= 11 is -5.64. The van der Waals surface area contributed by atoms with Crippen LogP contribution in [0.5, 0.6) is 0 Å². The van der Waals surface area contributed by atoms with E-state index in [2.05, 4.69) is 142 Å². The molecule has 0 aromatic heterocycles. The minimum absolute atomic E-state index is 0.00778. The van der Waals surface area contributed by atoms with E-state index in [-0.39, 0.29) is 7.25 Å². The van der Waals surface area contributed by atoms with Crippen LogP contribution in [-0.2, 0) is 20.5 Å². The van der Waals surface area contributed by atoms with Gasteiger partial charge in [-0.1, -0.05) is 0 Å². The third-order valence-electron chi connectivity index (χ3n) is 10.1. The summed E-state index contributed by atoms with van der Waals surface area (Å²) < 4.78 is 1.17. The van der Waals surface area contributed by atoms with Crippen molar-refractivity contribution in [2.24, 2.45) is 0 Å². The first kappa shape index (κ1) is 27.2. The van der Waals surface area contributed by atoms with Crippen LogP contribution in [0, 0.1) is 0 Å². The number of rotatable bonds is 6. The van der Waals surface area contributed by atoms with Crippen LogP contribution < -0.4 is 3.27 Å². The van der Waals surface area contributed by atoms with Gasteiger partial charge < -0.3 is 0 Å². The average Bonchev–Trinajstić information content (AvgIpc) is 3.56. The zero-order chi connectivity index (χ0) is 27.5. The number of halogens is 2. The molecule has 2 atom stereocenters. The molecule has 0 saturated heterocycles. The number of benzene rings is 4. The molecule has 0 N–H and O–H groups in total. The fourth-order valence-electron chi connectivity index (χ4n) is 7.91. The number of hydrogen-bond acceptors (Lipinski definition) is 0. The molecule has 2 aliphatic carbocycles. The van der Waals surface area contributed by atoms with Crippen molar-refractivity contribution in [3.63, 3.8) is 0 Å².